The van der Waals surface area contributed by atoms with Gasteiger partial charge in [0.1, 0.15) is 10.7 Å². The molecule has 0 aromatic carbocycles. The Morgan fingerprint density at radius 3 is 2.48 bits per heavy atom. The van der Waals surface area contributed by atoms with Gasteiger partial charge in [0.2, 0.25) is 5.91 Å². The van der Waals surface area contributed by atoms with Crippen molar-refractivity contribution in [3.8, 4) is 0 Å². The predicted molar refractivity (Wildman–Crippen MR) is 85.5 cm³/mol. The summed E-state index contributed by atoms with van der Waals surface area (Å²) in [5.41, 5.74) is 5.66. The third kappa shape index (κ3) is 4.89. The highest BCUT2D eigenvalue weighted by molar-refractivity contribution is 7.18. The number of anilines is 2. The van der Waals surface area contributed by atoms with E-state index in [-0.39, 0.29) is 29.7 Å². The fourth-order valence-corrected chi connectivity index (χ4v) is 2.64. The number of hydrogen-bond donors (Lipinski definition) is 3. The molecule has 0 unspecified atom stereocenters. The normalized spacial score (nSPS) is 11.1. The third-order valence-corrected chi connectivity index (χ3v) is 3.59. The molecule has 0 atom stereocenters. The summed E-state index contributed by atoms with van der Waals surface area (Å²) in [5.74, 6) is -0.313. The molecule has 0 saturated carbocycles. The number of nitrogens with two attached hydrogens (primary N) is 1. The lowest BCUT2D eigenvalue weighted by atomic mass is 10.1. The Morgan fingerprint density at radius 2 is 2.00 bits per heavy atom. The van der Waals surface area contributed by atoms with Gasteiger partial charge in [-0.3, -0.25) is 9.59 Å². The van der Waals surface area contributed by atoms with Gasteiger partial charge in [-0.1, -0.05) is 11.3 Å². The molecule has 1 aromatic rings. The Kier molecular flexibility index (Phi) is 5.54. The number of likely N-dealkylation sites (N-methyl/N-ethyl adjacent to an activating group) is 2. The summed E-state index contributed by atoms with van der Waals surface area (Å²) >= 11 is 1.20. The van der Waals surface area contributed by atoms with Gasteiger partial charge in [-0.25, -0.2) is 4.98 Å². The van der Waals surface area contributed by atoms with Gasteiger partial charge >= 0.3 is 0 Å². The number of rotatable bonds is 5. The molecular formula is C13H23N5O2S. The Labute approximate surface area is 128 Å². The summed E-state index contributed by atoms with van der Waals surface area (Å²) in [4.78, 5) is 29.8. The molecule has 0 aliphatic carbocycles. The Balaban J connectivity index is 2.93. The maximum Gasteiger partial charge on any atom is 0.268 e. The van der Waals surface area contributed by atoms with Crippen LogP contribution in [0, 0.1) is 0 Å². The molecule has 0 aliphatic rings. The summed E-state index contributed by atoms with van der Waals surface area (Å²) in [6, 6.07) is 0. The molecule has 8 heteroatoms. The highest BCUT2D eigenvalue weighted by Crippen LogP contribution is 2.28. The summed E-state index contributed by atoms with van der Waals surface area (Å²) in [6.07, 6.45) is 0. The first-order valence-electron chi connectivity index (χ1n) is 6.72. The van der Waals surface area contributed by atoms with E-state index < -0.39 is 0 Å². The van der Waals surface area contributed by atoms with Crippen LogP contribution >= 0.6 is 11.3 Å². The first-order chi connectivity index (χ1) is 9.67. The number of nitrogen functional groups attached to an aromatic ring is 1. The topological polar surface area (TPSA) is 100 Å². The van der Waals surface area contributed by atoms with E-state index in [0.29, 0.717) is 16.6 Å². The number of hydrogen-bond acceptors (Lipinski definition) is 6. The second kappa shape index (κ2) is 6.75. The lowest BCUT2D eigenvalue weighted by Gasteiger charge is -2.19. The summed E-state index contributed by atoms with van der Waals surface area (Å²) in [5, 5.41) is 6.28. The molecule has 1 heterocycles. The Bertz CT molecular complexity index is 521. The minimum Gasteiger partial charge on any atom is -0.382 e. The average molecular weight is 313 g/mol. The first kappa shape index (κ1) is 17.2. The summed E-state index contributed by atoms with van der Waals surface area (Å²) in [6.45, 7) is 8.23. The van der Waals surface area contributed by atoms with Gasteiger partial charge < -0.3 is 21.3 Å². The van der Waals surface area contributed by atoms with Gasteiger partial charge in [0.05, 0.1) is 6.54 Å². The molecular weight excluding hydrogens is 290 g/mol. The van der Waals surface area contributed by atoms with E-state index in [2.05, 4.69) is 15.6 Å². The van der Waals surface area contributed by atoms with Crippen LogP contribution in [-0.2, 0) is 4.79 Å². The monoisotopic (exact) mass is 313 g/mol. The van der Waals surface area contributed by atoms with Gasteiger partial charge in [-0.05, 0) is 27.7 Å². The lowest BCUT2D eigenvalue weighted by molar-refractivity contribution is -0.121. The van der Waals surface area contributed by atoms with E-state index in [9.17, 15) is 9.59 Å². The molecule has 0 fully saturated rings. The number of amides is 2. The lowest BCUT2D eigenvalue weighted by Crippen LogP contribution is -2.39. The molecule has 2 amide bonds. The molecule has 4 N–H and O–H groups in total. The van der Waals surface area contributed by atoms with Crippen molar-refractivity contribution in [1.29, 1.82) is 0 Å². The number of nitrogens with zero attached hydrogens (tertiary/aromatic N) is 2. The van der Waals surface area contributed by atoms with Crippen LogP contribution in [0.25, 0.3) is 0 Å². The second-order valence-electron chi connectivity index (χ2n) is 5.60. The average Bonchev–Trinajstić information content (AvgIpc) is 2.73. The van der Waals surface area contributed by atoms with Crippen LogP contribution in [0.1, 0.15) is 37.4 Å². The molecule has 1 aromatic heterocycles. The van der Waals surface area contributed by atoms with Crippen LogP contribution in [-0.4, -0.2) is 47.4 Å². The quantitative estimate of drug-likeness (QED) is 0.757. The largest absolute Gasteiger partial charge is 0.382 e. The van der Waals surface area contributed by atoms with Crippen molar-refractivity contribution in [2.24, 2.45) is 0 Å². The Morgan fingerprint density at radius 1 is 1.38 bits per heavy atom. The molecule has 21 heavy (non-hydrogen) atoms. The number of nitrogens with one attached hydrogen (secondary N) is 2. The smallest absolute Gasteiger partial charge is 0.268 e. The Hall–Kier alpha value is -1.83. The fourth-order valence-electron chi connectivity index (χ4n) is 1.58. The van der Waals surface area contributed by atoms with Crippen molar-refractivity contribution >= 4 is 34.1 Å². The number of carbonyl (C=O) groups is 2. The molecule has 0 radical (unpaired) electrons. The molecule has 0 saturated heterocycles. The zero-order chi connectivity index (χ0) is 16.2. The zero-order valence-corrected chi connectivity index (χ0v) is 13.9. The minimum absolute atomic E-state index is 0.00516. The molecule has 7 nitrogen and oxygen atoms in total. The van der Waals surface area contributed by atoms with Crippen LogP contribution in [0.3, 0.4) is 0 Å². The summed E-state index contributed by atoms with van der Waals surface area (Å²) in [7, 11) is 1.53. The van der Waals surface area contributed by atoms with Crippen molar-refractivity contribution in [1.82, 2.24) is 15.2 Å². The van der Waals surface area contributed by atoms with Crippen molar-refractivity contribution in [3.05, 3.63) is 4.88 Å². The van der Waals surface area contributed by atoms with E-state index in [4.69, 9.17) is 5.73 Å². The van der Waals surface area contributed by atoms with Crippen molar-refractivity contribution in [3.63, 3.8) is 0 Å². The molecule has 0 aliphatic heterocycles. The standard InChI is InChI=1S/C13H23N5O2S/c1-6-18(7-8(19)15-5)11(20)9-10(14)16-12(21-9)17-13(2,3)4/h6-7,14H2,1-5H3,(H,15,19)(H,16,17). The minimum atomic E-state index is -0.280. The van der Waals surface area contributed by atoms with Crippen LogP contribution in [0.2, 0.25) is 0 Å². The van der Waals surface area contributed by atoms with Crippen LogP contribution in [0.15, 0.2) is 0 Å². The first-order valence-corrected chi connectivity index (χ1v) is 7.54. The van der Waals surface area contributed by atoms with E-state index in [1.807, 2.05) is 27.7 Å². The zero-order valence-electron chi connectivity index (χ0n) is 13.1. The number of aromatic nitrogens is 1. The fraction of sp³-hybridized carbons (Fsp3) is 0.615. The van der Waals surface area contributed by atoms with E-state index in [1.165, 1.54) is 23.3 Å². The van der Waals surface area contributed by atoms with Crippen LogP contribution in [0.4, 0.5) is 10.9 Å². The van der Waals surface area contributed by atoms with E-state index in [0.717, 1.165) is 0 Å². The maximum atomic E-state index is 12.4. The van der Waals surface area contributed by atoms with E-state index >= 15 is 0 Å². The maximum absolute atomic E-state index is 12.4. The second-order valence-corrected chi connectivity index (χ2v) is 6.60. The van der Waals surface area contributed by atoms with E-state index in [1.54, 1.807) is 0 Å². The molecule has 118 valence electrons. The summed E-state index contributed by atoms with van der Waals surface area (Å²) < 4.78 is 0. The third-order valence-electron chi connectivity index (χ3n) is 2.61. The van der Waals surface area contributed by atoms with Crippen LogP contribution in [0.5, 0.6) is 0 Å². The highest BCUT2D eigenvalue weighted by atomic mass is 32.1. The molecule has 0 spiro atoms. The van der Waals surface area contributed by atoms with Crippen molar-refractivity contribution in [2.45, 2.75) is 33.2 Å². The van der Waals surface area contributed by atoms with Gasteiger partial charge in [0.15, 0.2) is 5.13 Å². The van der Waals surface area contributed by atoms with Gasteiger partial charge in [-0.15, -0.1) is 0 Å². The predicted octanol–water partition coefficient (Wildman–Crippen LogP) is 1.14. The van der Waals surface area contributed by atoms with Crippen LogP contribution < -0.4 is 16.4 Å². The van der Waals surface area contributed by atoms with Crippen molar-refractivity contribution in [2.75, 3.05) is 31.2 Å². The number of carbonyl (C=O) groups excluding carboxylic acids is 2. The van der Waals surface area contributed by atoms with Gasteiger partial charge in [0, 0.05) is 19.1 Å². The SMILES string of the molecule is CCN(CC(=O)NC)C(=O)c1sc(NC(C)(C)C)nc1N. The molecule has 0 bridgehead atoms. The van der Waals surface area contributed by atoms with Gasteiger partial charge in [0.25, 0.3) is 5.91 Å². The van der Waals surface area contributed by atoms with Crippen molar-refractivity contribution < 1.29 is 9.59 Å². The van der Waals surface area contributed by atoms with Gasteiger partial charge in [-0.2, -0.15) is 0 Å². The molecule has 1 rings (SSSR count). The number of thiazole rings is 1. The highest BCUT2D eigenvalue weighted by Gasteiger charge is 2.24.